The average molecular weight is 223 g/mol. The third kappa shape index (κ3) is 3.54. The fraction of sp³-hybridized carbons (Fsp3) is 0.867. The largest absolute Gasteiger partial charge is 0.402 e. The first-order valence-electron chi connectivity index (χ1n) is 6.99. The summed E-state index contributed by atoms with van der Waals surface area (Å²) in [4.78, 5) is 0. The fourth-order valence-corrected chi connectivity index (χ4v) is 2.35. The Morgan fingerprint density at radius 1 is 1.31 bits per heavy atom. The molecule has 0 aliphatic heterocycles. The standard InChI is InChI=1S/C15H29N/c1-5-7-8-14(16)13(6-2)11-12(3)15(4)9-10-15/h12H,5-11,16H2,1-4H3/b14-13+. The molecule has 0 spiro atoms. The van der Waals surface area contributed by atoms with E-state index in [0.717, 1.165) is 18.8 Å². The molecule has 0 aromatic carbocycles. The zero-order valence-corrected chi connectivity index (χ0v) is 11.6. The monoisotopic (exact) mass is 223 g/mol. The van der Waals surface area contributed by atoms with Crippen LogP contribution < -0.4 is 5.73 Å². The van der Waals surface area contributed by atoms with Crippen molar-refractivity contribution in [2.45, 2.75) is 72.6 Å². The van der Waals surface area contributed by atoms with Crippen molar-refractivity contribution in [1.82, 2.24) is 0 Å². The van der Waals surface area contributed by atoms with E-state index < -0.39 is 0 Å². The van der Waals surface area contributed by atoms with Crippen LogP contribution in [0.5, 0.6) is 0 Å². The predicted octanol–water partition coefficient (Wildman–Crippen LogP) is 4.63. The first-order valence-corrected chi connectivity index (χ1v) is 6.99. The fourth-order valence-electron chi connectivity index (χ4n) is 2.35. The van der Waals surface area contributed by atoms with Crippen molar-refractivity contribution in [2.24, 2.45) is 17.1 Å². The van der Waals surface area contributed by atoms with Gasteiger partial charge < -0.3 is 5.73 Å². The summed E-state index contributed by atoms with van der Waals surface area (Å²) in [5.74, 6) is 0.808. The zero-order valence-electron chi connectivity index (χ0n) is 11.6. The van der Waals surface area contributed by atoms with Crippen molar-refractivity contribution >= 4 is 0 Å². The Hall–Kier alpha value is -0.460. The summed E-state index contributed by atoms with van der Waals surface area (Å²) in [5, 5.41) is 0. The molecular weight excluding hydrogens is 194 g/mol. The highest BCUT2D eigenvalue weighted by Crippen LogP contribution is 2.53. The summed E-state index contributed by atoms with van der Waals surface area (Å²) in [6.45, 7) is 9.30. The van der Waals surface area contributed by atoms with Crippen LogP contribution in [0.15, 0.2) is 11.3 Å². The minimum absolute atomic E-state index is 0.630. The highest BCUT2D eigenvalue weighted by atomic mass is 14.6. The van der Waals surface area contributed by atoms with Gasteiger partial charge in [-0.05, 0) is 49.9 Å². The van der Waals surface area contributed by atoms with E-state index in [1.165, 1.54) is 43.4 Å². The summed E-state index contributed by atoms with van der Waals surface area (Å²) in [6, 6.07) is 0. The molecule has 0 amide bonds. The van der Waals surface area contributed by atoms with Crippen LogP contribution in [0.25, 0.3) is 0 Å². The lowest BCUT2D eigenvalue weighted by Gasteiger charge is -2.21. The van der Waals surface area contributed by atoms with Gasteiger partial charge in [-0.3, -0.25) is 0 Å². The average Bonchev–Trinajstić information content (AvgIpc) is 3.01. The van der Waals surface area contributed by atoms with Gasteiger partial charge in [0.05, 0.1) is 0 Å². The molecule has 1 saturated carbocycles. The molecule has 0 aromatic heterocycles. The van der Waals surface area contributed by atoms with Crippen molar-refractivity contribution in [1.29, 1.82) is 0 Å². The normalized spacial score (nSPS) is 21.5. The maximum atomic E-state index is 6.21. The van der Waals surface area contributed by atoms with Gasteiger partial charge in [-0.25, -0.2) is 0 Å². The van der Waals surface area contributed by atoms with Crippen LogP contribution in [0, 0.1) is 11.3 Å². The summed E-state index contributed by atoms with van der Waals surface area (Å²) >= 11 is 0. The van der Waals surface area contributed by atoms with Crippen LogP contribution in [0.4, 0.5) is 0 Å². The zero-order chi connectivity index (χ0) is 12.2. The smallest absolute Gasteiger partial charge is 0.00723 e. The number of hydrogen-bond acceptors (Lipinski definition) is 1. The van der Waals surface area contributed by atoms with Gasteiger partial charge in [0.1, 0.15) is 0 Å². The molecule has 1 aliphatic rings. The predicted molar refractivity (Wildman–Crippen MR) is 72.2 cm³/mol. The lowest BCUT2D eigenvalue weighted by molar-refractivity contribution is 0.358. The Morgan fingerprint density at radius 3 is 2.38 bits per heavy atom. The van der Waals surface area contributed by atoms with E-state index in [1.54, 1.807) is 0 Å². The number of allylic oxidation sites excluding steroid dienone is 2. The summed E-state index contributed by atoms with van der Waals surface area (Å²) in [5.41, 5.74) is 9.54. The van der Waals surface area contributed by atoms with E-state index >= 15 is 0 Å². The lowest BCUT2D eigenvalue weighted by atomic mass is 9.85. The van der Waals surface area contributed by atoms with Gasteiger partial charge in [0.15, 0.2) is 0 Å². The minimum Gasteiger partial charge on any atom is -0.402 e. The van der Waals surface area contributed by atoms with Crippen molar-refractivity contribution in [2.75, 3.05) is 0 Å². The van der Waals surface area contributed by atoms with Gasteiger partial charge in [-0.15, -0.1) is 0 Å². The SMILES string of the molecule is CCCC/C(N)=C(/CC)CC(C)C1(C)CC1. The van der Waals surface area contributed by atoms with E-state index in [2.05, 4.69) is 27.7 Å². The molecular formula is C15H29N. The molecule has 16 heavy (non-hydrogen) atoms. The van der Waals surface area contributed by atoms with E-state index in [-0.39, 0.29) is 0 Å². The maximum absolute atomic E-state index is 6.21. The maximum Gasteiger partial charge on any atom is 0.00723 e. The molecule has 94 valence electrons. The van der Waals surface area contributed by atoms with Crippen molar-refractivity contribution in [3.8, 4) is 0 Å². The topological polar surface area (TPSA) is 26.0 Å². The molecule has 1 aliphatic carbocycles. The van der Waals surface area contributed by atoms with Crippen molar-refractivity contribution in [3.05, 3.63) is 11.3 Å². The van der Waals surface area contributed by atoms with Crippen LogP contribution in [0.2, 0.25) is 0 Å². The Morgan fingerprint density at radius 2 is 1.94 bits per heavy atom. The molecule has 1 fully saturated rings. The molecule has 1 heteroatoms. The van der Waals surface area contributed by atoms with Crippen LogP contribution in [-0.2, 0) is 0 Å². The molecule has 0 radical (unpaired) electrons. The second-order valence-corrected chi connectivity index (χ2v) is 5.85. The Labute approximate surface area is 101 Å². The molecule has 1 rings (SSSR count). The molecule has 1 unspecified atom stereocenters. The number of nitrogens with two attached hydrogens (primary N) is 1. The molecule has 2 N–H and O–H groups in total. The van der Waals surface area contributed by atoms with Crippen LogP contribution in [0.1, 0.15) is 72.6 Å². The second-order valence-electron chi connectivity index (χ2n) is 5.85. The summed E-state index contributed by atoms with van der Waals surface area (Å²) in [6.07, 6.45) is 8.77. The van der Waals surface area contributed by atoms with Gasteiger partial charge in [-0.1, -0.05) is 39.7 Å². The molecule has 0 bridgehead atoms. The minimum atomic E-state index is 0.630. The van der Waals surface area contributed by atoms with Gasteiger partial charge in [0.2, 0.25) is 0 Å². The number of unbranched alkanes of at least 4 members (excludes halogenated alkanes) is 1. The molecule has 1 atom stereocenters. The van der Waals surface area contributed by atoms with Gasteiger partial charge >= 0.3 is 0 Å². The first-order chi connectivity index (χ1) is 7.53. The van der Waals surface area contributed by atoms with E-state index in [4.69, 9.17) is 5.73 Å². The van der Waals surface area contributed by atoms with Crippen molar-refractivity contribution < 1.29 is 0 Å². The van der Waals surface area contributed by atoms with Crippen molar-refractivity contribution in [3.63, 3.8) is 0 Å². The lowest BCUT2D eigenvalue weighted by Crippen LogP contribution is -2.12. The van der Waals surface area contributed by atoms with Crippen LogP contribution in [0.3, 0.4) is 0 Å². The van der Waals surface area contributed by atoms with Gasteiger partial charge in [0, 0.05) is 5.70 Å². The van der Waals surface area contributed by atoms with E-state index in [9.17, 15) is 0 Å². The highest BCUT2D eigenvalue weighted by molar-refractivity contribution is 5.13. The quantitative estimate of drug-likeness (QED) is 0.669. The second kappa shape index (κ2) is 5.75. The molecule has 1 nitrogen and oxygen atoms in total. The molecule has 0 saturated heterocycles. The Kier molecular flexibility index (Phi) is 4.89. The summed E-state index contributed by atoms with van der Waals surface area (Å²) < 4.78 is 0. The summed E-state index contributed by atoms with van der Waals surface area (Å²) in [7, 11) is 0. The molecule has 0 aromatic rings. The van der Waals surface area contributed by atoms with Crippen LogP contribution in [-0.4, -0.2) is 0 Å². The van der Waals surface area contributed by atoms with Crippen LogP contribution >= 0.6 is 0 Å². The Bertz CT molecular complexity index is 248. The van der Waals surface area contributed by atoms with E-state index in [0.29, 0.717) is 5.41 Å². The number of hydrogen-bond donors (Lipinski definition) is 1. The third-order valence-corrected chi connectivity index (χ3v) is 4.46. The molecule has 0 heterocycles. The Balaban J connectivity index is 2.52. The van der Waals surface area contributed by atoms with E-state index in [1.807, 2.05) is 0 Å². The third-order valence-electron chi connectivity index (χ3n) is 4.46. The van der Waals surface area contributed by atoms with Gasteiger partial charge in [-0.2, -0.15) is 0 Å². The van der Waals surface area contributed by atoms with Gasteiger partial charge in [0.25, 0.3) is 0 Å². The highest BCUT2D eigenvalue weighted by Gasteiger charge is 2.42. The first kappa shape index (κ1) is 13.6. The number of rotatable bonds is 7.